The number of urea groups is 1. The monoisotopic (exact) mass is 327 g/mol. The summed E-state index contributed by atoms with van der Waals surface area (Å²) in [5.74, 6) is 0. The second-order valence-corrected chi connectivity index (χ2v) is 6.06. The molecule has 1 heterocycles. The predicted octanol–water partition coefficient (Wildman–Crippen LogP) is 2.36. The van der Waals surface area contributed by atoms with E-state index in [1.807, 2.05) is 18.2 Å². The van der Waals surface area contributed by atoms with Crippen LogP contribution in [-0.2, 0) is 11.3 Å². The van der Waals surface area contributed by atoms with Crippen molar-refractivity contribution in [1.29, 1.82) is 0 Å². The maximum atomic E-state index is 11.9. The number of carbonyl (C=O) groups excluding carboxylic acids is 1. The Morgan fingerprint density at radius 2 is 1.83 bits per heavy atom. The first-order valence-corrected chi connectivity index (χ1v) is 8.61. The number of amides is 2. The van der Waals surface area contributed by atoms with Gasteiger partial charge in [0.15, 0.2) is 0 Å². The van der Waals surface area contributed by atoms with Gasteiger partial charge in [-0.3, -0.25) is 4.90 Å². The van der Waals surface area contributed by atoms with Crippen LogP contribution in [0.4, 0.5) is 4.79 Å². The van der Waals surface area contributed by atoms with E-state index in [1.165, 1.54) is 10.8 Å². The Morgan fingerprint density at radius 1 is 1.04 bits per heavy atom. The molecule has 5 heteroatoms. The summed E-state index contributed by atoms with van der Waals surface area (Å²) in [6.45, 7) is 5.86. The van der Waals surface area contributed by atoms with Crippen molar-refractivity contribution in [1.82, 2.24) is 15.5 Å². The summed E-state index contributed by atoms with van der Waals surface area (Å²) in [4.78, 5) is 14.3. The van der Waals surface area contributed by atoms with Crippen LogP contribution in [0.5, 0.6) is 0 Å². The van der Waals surface area contributed by atoms with Gasteiger partial charge < -0.3 is 15.4 Å². The lowest BCUT2D eigenvalue weighted by molar-refractivity contribution is 0.0375. The highest BCUT2D eigenvalue weighted by atomic mass is 16.5. The minimum Gasteiger partial charge on any atom is -0.379 e. The van der Waals surface area contributed by atoms with Crippen molar-refractivity contribution in [3.63, 3.8) is 0 Å². The van der Waals surface area contributed by atoms with Crippen LogP contribution >= 0.6 is 0 Å². The summed E-state index contributed by atoms with van der Waals surface area (Å²) in [6.07, 6.45) is 0.960. The highest BCUT2D eigenvalue weighted by Gasteiger charge is 2.09. The topological polar surface area (TPSA) is 53.6 Å². The van der Waals surface area contributed by atoms with Crippen LogP contribution in [0, 0.1) is 0 Å². The highest BCUT2D eigenvalue weighted by molar-refractivity contribution is 5.86. The quantitative estimate of drug-likeness (QED) is 0.801. The van der Waals surface area contributed by atoms with Crippen molar-refractivity contribution in [3.8, 4) is 0 Å². The van der Waals surface area contributed by atoms with Gasteiger partial charge in [0.05, 0.1) is 13.2 Å². The first-order valence-electron chi connectivity index (χ1n) is 8.61. The molecule has 1 saturated heterocycles. The Bertz CT molecular complexity index is 663. The van der Waals surface area contributed by atoms with Crippen molar-refractivity contribution in [2.45, 2.75) is 13.0 Å². The summed E-state index contributed by atoms with van der Waals surface area (Å²) in [7, 11) is 0. The smallest absolute Gasteiger partial charge is 0.315 e. The molecule has 0 atom stereocenters. The van der Waals surface area contributed by atoms with Crippen LogP contribution in [0.3, 0.4) is 0 Å². The summed E-state index contributed by atoms with van der Waals surface area (Å²) in [5, 5.41) is 8.26. The van der Waals surface area contributed by atoms with Crippen LogP contribution in [0.15, 0.2) is 42.5 Å². The van der Waals surface area contributed by atoms with Gasteiger partial charge in [0, 0.05) is 26.2 Å². The average molecular weight is 327 g/mol. The Kier molecular flexibility index (Phi) is 6.04. The molecule has 1 aliphatic heterocycles. The molecule has 0 aromatic heterocycles. The number of ether oxygens (including phenoxy) is 1. The zero-order chi connectivity index (χ0) is 16.6. The third-order valence-electron chi connectivity index (χ3n) is 4.36. The molecule has 0 bridgehead atoms. The highest BCUT2D eigenvalue weighted by Crippen LogP contribution is 2.18. The van der Waals surface area contributed by atoms with Gasteiger partial charge in [-0.05, 0) is 29.3 Å². The molecule has 0 aliphatic carbocycles. The van der Waals surface area contributed by atoms with Crippen molar-refractivity contribution in [2.75, 3.05) is 39.4 Å². The summed E-state index contributed by atoms with van der Waals surface area (Å²) >= 11 is 0. The van der Waals surface area contributed by atoms with Crippen molar-refractivity contribution in [2.24, 2.45) is 0 Å². The number of benzene rings is 2. The SMILES string of the molecule is O=C(NCCCN1CCOCC1)NCc1cccc2ccccc12. The van der Waals surface area contributed by atoms with E-state index < -0.39 is 0 Å². The van der Waals surface area contributed by atoms with E-state index in [0.717, 1.165) is 44.8 Å². The number of nitrogens with one attached hydrogen (secondary N) is 2. The average Bonchev–Trinajstić information content (AvgIpc) is 2.64. The van der Waals surface area contributed by atoms with Gasteiger partial charge in [-0.2, -0.15) is 0 Å². The molecular formula is C19H25N3O2. The van der Waals surface area contributed by atoms with Crippen LogP contribution in [0.2, 0.25) is 0 Å². The number of nitrogens with zero attached hydrogens (tertiary/aromatic N) is 1. The lowest BCUT2D eigenvalue weighted by Crippen LogP contribution is -2.39. The third-order valence-corrected chi connectivity index (χ3v) is 4.36. The number of morpholine rings is 1. The number of fused-ring (bicyclic) bond motifs is 1. The minimum atomic E-state index is -0.107. The molecule has 2 aromatic carbocycles. The summed E-state index contributed by atoms with van der Waals surface area (Å²) in [5.41, 5.74) is 1.14. The molecule has 2 N–H and O–H groups in total. The van der Waals surface area contributed by atoms with E-state index in [4.69, 9.17) is 4.74 Å². The number of hydrogen-bond donors (Lipinski definition) is 2. The number of rotatable bonds is 6. The first-order chi connectivity index (χ1) is 11.8. The van der Waals surface area contributed by atoms with E-state index in [2.05, 4.69) is 39.8 Å². The van der Waals surface area contributed by atoms with E-state index in [-0.39, 0.29) is 6.03 Å². The van der Waals surface area contributed by atoms with Crippen LogP contribution in [-0.4, -0.2) is 50.3 Å². The molecular weight excluding hydrogens is 302 g/mol. The second kappa shape index (κ2) is 8.66. The Labute approximate surface area is 143 Å². The maximum absolute atomic E-state index is 11.9. The molecule has 24 heavy (non-hydrogen) atoms. The predicted molar refractivity (Wildman–Crippen MR) is 96.1 cm³/mol. The Balaban J connectivity index is 1.39. The minimum absolute atomic E-state index is 0.107. The number of hydrogen-bond acceptors (Lipinski definition) is 3. The second-order valence-electron chi connectivity index (χ2n) is 6.06. The third kappa shape index (κ3) is 4.69. The molecule has 3 rings (SSSR count). The van der Waals surface area contributed by atoms with Crippen molar-refractivity contribution in [3.05, 3.63) is 48.0 Å². The normalized spacial score (nSPS) is 15.3. The molecule has 0 unspecified atom stereocenters. The Hall–Kier alpha value is -2.11. The fourth-order valence-corrected chi connectivity index (χ4v) is 3.01. The lowest BCUT2D eigenvalue weighted by Gasteiger charge is -2.26. The van der Waals surface area contributed by atoms with Gasteiger partial charge >= 0.3 is 6.03 Å². The maximum Gasteiger partial charge on any atom is 0.315 e. The van der Waals surface area contributed by atoms with Crippen LogP contribution < -0.4 is 10.6 Å². The van der Waals surface area contributed by atoms with E-state index >= 15 is 0 Å². The van der Waals surface area contributed by atoms with Gasteiger partial charge in [-0.25, -0.2) is 4.79 Å². The largest absolute Gasteiger partial charge is 0.379 e. The molecule has 0 radical (unpaired) electrons. The fourth-order valence-electron chi connectivity index (χ4n) is 3.01. The van der Waals surface area contributed by atoms with Gasteiger partial charge in [0.25, 0.3) is 0 Å². The zero-order valence-corrected chi connectivity index (χ0v) is 14.0. The van der Waals surface area contributed by atoms with Crippen LogP contribution in [0.1, 0.15) is 12.0 Å². The molecule has 2 amide bonds. The molecule has 1 fully saturated rings. The van der Waals surface area contributed by atoms with E-state index in [0.29, 0.717) is 13.1 Å². The molecule has 0 saturated carbocycles. The molecule has 1 aliphatic rings. The van der Waals surface area contributed by atoms with Gasteiger partial charge in [-0.15, -0.1) is 0 Å². The number of carbonyl (C=O) groups is 1. The lowest BCUT2D eigenvalue weighted by atomic mass is 10.0. The van der Waals surface area contributed by atoms with Crippen LogP contribution in [0.25, 0.3) is 10.8 Å². The fraction of sp³-hybridized carbons (Fsp3) is 0.421. The standard InChI is InChI=1S/C19H25N3O2/c23-19(20-9-4-10-22-11-13-24-14-12-22)21-15-17-7-3-6-16-5-1-2-8-18(16)17/h1-3,5-8H,4,9-15H2,(H2,20,21,23). The molecule has 128 valence electrons. The van der Waals surface area contributed by atoms with Crippen molar-refractivity contribution >= 4 is 16.8 Å². The molecule has 0 spiro atoms. The summed E-state index contributed by atoms with van der Waals surface area (Å²) < 4.78 is 5.33. The van der Waals surface area contributed by atoms with Crippen molar-refractivity contribution < 1.29 is 9.53 Å². The Morgan fingerprint density at radius 3 is 2.71 bits per heavy atom. The first kappa shape index (κ1) is 16.7. The van der Waals surface area contributed by atoms with Gasteiger partial charge in [0.1, 0.15) is 0 Å². The molecule has 2 aromatic rings. The van der Waals surface area contributed by atoms with Gasteiger partial charge in [0.2, 0.25) is 0 Å². The van der Waals surface area contributed by atoms with E-state index in [1.54, 1.807) is 0 Å². The zero-order valence-electron chi connectivity index (χ0n) is 14.0. The molecule has 5 nitrogen and oxygen atoms in total. The van der Waals surface area contributed by atoms with Gasteiger partial charge in [-0.1, -0.05) is 42.5 Å². The van der Waals surface area contributed by atoms with E-state index in [9.17, 15) is 4.79 Å². The summed E-state index contributed by atoms with van der Waals surface area (Å²) in [6, 6.07) is 14.3.